The van der Waals surface area contributed by atoms with Gasteiger partial charge in [0.15, 0.2) is 0 Å². The van der Waals surface area contributed by atoms with E-state index in [0.29, 0.717) is 38.0 Å². The summed E-state index contributed by atoms with van der Waals surface area (Å²) in [6, 6.07) is 14.1. The number of rotatable bonds is 5. The molecule has 3 aliphatic rings. The fourth-order valence-electron chi connectivity index (χ4n) is 6.47. The highest BCUT2D eigenvalue weighted by Crippen LogP contribution is 2.48. The first kappa shape index (κ1) is 28.3. The molecule has 3 aromatic rings. The fraction of sp³-hybridized carbons (Fsp3) is 0.485. The van der Waals surface area contributed by atoms with Crippen LogP contribution >= 0.6 is 0 Å². The largest absolute Gasteiger partial charge is 0.497 e. The van der Waals surface area contributed by atoms with Crippen molar-refractivity contribution in [2.45, 2.75) is 76.8 Å². The quantitative estimate of drug-likeness (QED) is 0.365. The fourth-order valence-corrected chi connectivity index (χ4v) is 6.47. The average Bonchev–Trinajstić information content (AvgIpc) is 3.56. The van der Waals surface area contributed by atoms with Crippen molar-refractivity contribution in [1.82, 2.24) is 19.6 Å². The van der Waals surface area contributed by atoms with Gasteiger partial charge in [-0.25, -0.2) is 9.48 Å². The highest BCUT2D eigenvalue weighted by molar-refractivity contribution is 6.01. The molecule has 1 spiro atoms. The third-order valence-electron chi connectivity index (χ3n) is 8.62. The van der Waals surface area contributed by atoms with E-state index < -0.39 is 11.1 Å². The summed E-state index contributed by atoms with van der Waals surface area (Å²) in [4.78, 5) is 30.9. The van der Waals surface area contributed by atoms with Gasteiger partial charge in [-0.1, -0.05) is 24.3 Å². The van der Waals surface area contributed by atoms with Gasteiger partial charge >= 0.3 is 6.09 Å². The molecule has 9 nitrogen and oxygen atoms in total. The van der Waals surface area contributed by atoms with E-state index in [0.717, 1.165) is 53.9 Å². The van der Waals surface area contributed by atoms with Crippen LogP contribution in [0.3, 0.4) is 0 Å². The molecule has 1 atom stereocenters. The first-order chi connectivity index (χ1) is 20.2. The summed E-state index contributed by atoms with van der Waals surface area (Å²) in [6.45, 7) is 7.84. The summed E-state index contributed by atoms with van der Waals surface area (Å²) >= 11 is 0. The molecule has 0 N–H and O–H groups in total. The van der Waals surface area contributed by atoms with Crippen molar-refractivity contribution in [1.29, 1.82) is 0 Å². The number of hydrogen-bond donors (Lipinski definition) is 0. The van der Waals surface area contributed by atoms with Crippen LogP contribution in [-0.4, -0.2) is 64.0 Å². The van der Waals surface area contributed by atoms with E-state index in [1.807, 2.05) is 73.1 Å². The van der Waals surface area contributed by atoms with Crippen molar-refractivity contribution in [2.75, 3.05) is 26.8 Å². The molecule has 2 saturated heterocycles. The SMILES string of the molecule is COc1cccc(CN2C(=O)c3cc(-c4cnn(C5CCCCO5)c4)ccc3C23CCN(C(=O)OC(C)(C)C)CC3)c1. The lowest BCUT2D eigenvalue weighted by atomic mass is 9.80. The number of carbonyl (C=O) groups excluding carboxylic acids is 2. The minimum Gasteiger partial charge on any atom is -0.497 e. The van der Waals surface area contributed by atoms with Crippen LogP contribution in [0.15, 0.2) is 54.9 Å². The molecule has 0 bridgehead atoms. The van der Waals surface area contributed by atoms with Gasteiger partial charge in [-0.15, -0.1) is 0 Å². The summed E-state index contributed by atoms with van der Waals surface area (Å²) in [7, 11) is 1.65. The number of methoxy groups -OCH3 is 1. The van der Waals surface area contributed by atoms with E-state index in [2.05, 4.69) is 17.2 Å². The first-order valence-corrected chi connectivity index (χ1v) is 14.9. The molecule has 42 heavy (non-hydrogen) atoms. The summed E-state index contributed by atoms with van der Waals surface area (Å²) in [6.07, 6.45) is 7.94. The normalized spacial score (nSPS) is 20.1. The number of carbonyl (C=O) groups is 2. The Kier molecular flexibility index (Phi) is 7.47. The van der Waals surface area contributed by atoms with Crippen LogP contribution in [0.4, 0.5) is 4.79 Å². The van der Waals surface area contributed by atoms with Crippen LogP contribution in [0, 0.1) is 0 Å². The first-order valence-electron chi connectivity index (χ1n) is 14.9. The molecule has 6 rings (SSSR count). The highest BCUT2D eigenvalue weighted by Gasteiger charge is 2.51. The number of ether oxygens (including phenoxy) is 3. The van der Waals surface area contributed by atoms with Crippen LogP contribution in [-0.2, 0) is 21.6 Å². The highest BCUT2D eigenvalue weighted by atomic mass is 16.6. The lowest BCUT2D eigenvalue weighted by molar-refractivity contribution is -0.0394. The molecule has 2 fully saturated rings. The zero-order valence-corrected chi connectivity index (χ0v) is 25.0. The lowest BCUT2D eigenvalue weighted by Gasteiger charge is -2.45. The summed E-state index contributed by atoms with van der Waals surface area (Å²) < 4.78 is 18.9. The van der Waals surface area contributed by atoms with Gasteiger partial charge in [-0.2, -0.15) is 5.10 Å². The van der Waals surface area contributed by atoms with Crippen LogP contribution in [0.5, 0.6) is 5.75 Å². The Balaban J connectivity index is 1.32. The van der Waals surface area contributed by atoms with Crippen LogP contribution < -0.4 is 4.74 Å². The van der Waals surface area contributed by atoms with Crippen LogP contribution in [0.1, 0.15) is 80.6 Å². The van der Waals surface area contributed by atoms with E-state index >= 15 is 0 Å². The average molecular weight is 573 g/mol. The van der Waals surface area contributed by atoms with Crippen molar-refractivity contribution in [2.24, 2.45) is 0 Å². The number of benzene rings is 2. The predicted molar refractivity (Wildman–Crippen MR) is 158 cm³/mol. The smallest absolute Gasteiger partial charge is 0.410 e. The zero-order chi connectivity index (χ0) is 29.5. The van der Waals surface area contributed by atoms with Gasteiger partial charge in [0.2, 0.25) is 0 Å². The number of aromatic nitrogens is 2. The molecule has 1 aromatic heterocycles. The van der Waals surface area contributed by atoms with Gasteiger partial charge in [0.25, 0.3) is 5.91 Å². The van der Waals surface area contributed by atoms with Crippen molar-refractivity contribution < 1.29 is 23.8 Å². The molecule has 9 heteroatoms. The third-order valence-corrected chi connectivity index (χ3v) is 8.62. The molecule has 0 saturated carbocycles. The van der Waals surface area contributed by atoms with Crippen molar-refractivity contribution in [3.63, 3.8) is 0 Å². The molecular formula is C33H40N4O5. The standard InChI is InChI=1S/C33H40N4O5/c1-32(2,3)42-31(39)35-15-13-33(14-16-35)28-12-11-24(25-20-34-37(22-25)29-10-5-6-17-41-29)19-27(28)30(38)36(33)21-23-8-7-9-26(18-23)40-4/h7-9,11-12,18-20,22,29H,5-6,10,13-17,21H2,1-4H3. The maximum absolute atomic E-state index is 14.2. The number of hydrogen-bond acceptors (Lipinski definition) is 6. The summed E-state index contributed by atoms with van der Waals surface area (Å²) in [5, 5.41) is 4.58. The van der Waals surface area contributed by atoms with Gasteiger partial charge in [0.1, 0.15) is 17.6 Å². The van der Waals surface area contributed by atoms with E-state index in [9.17, 15) is 9.59 Å². The van der Waals surface area contributed by atoms with E-state index in [4.69, 9.17) is 14.2 Å². The molecule has 4 heterocycles. The zero-order valence-electron chi connectivity index (χ0n) is 25.0. The number of piperidine rings is 1. The molecule has 3 aliphatic heterocycles. The van der Waals surface area contributed by atoms with Crippen molar-refractivity contribution in [3.8, 4) is 16.9 Å². The van der Waals surface area contributed by atoms with Crippen LogP contribution in [0.2, 0.25) is 0 Å². The molecule has 0 radical (unpaired) electrons. The molecule has 2 aromatic carbocycles. The van der Waals surface area contributed by atoms with Crippen LogP contribution in [0.25, 0.3) is 11.1 Å². The topological polar surface area (TPSA) is 86.1 Å². The minimum absolute atomic E-state index is 0.00314. The lowest BCUT2D eigenvalue weighted by Crippen LogP contribution is -2.52. The maximum atomic E-state index is 14.2. The second-order valence-electron chi connectivity index (χ2n) is 12.5. The molecule has 1 unspecified atom stereocenters. The third kappa shape index (κ3) is 5.38. The number of fused-ring (bicyclic) bond motifs is 2. The summed E-state index contributed by atoms with van der Waals surface area (Å²) in [5.41, 5.74) is 3.56. The Morgan fingerprint density at radius 2 is 1.90 bits per heavy atom. The maximum Gasteiger partial charge on any atom is 0.410 e. The van der Waals surface area contributed by atoms with Gasteiger partial charge < -0.3 is 24.0 Å². The van der Waals surface area contributed by atoms with Gasteiger partial charge in [-0.05, 0) is 87.8 Å². The van der Waals surface area contributed by atoms with Crippen molar-refractivity contribution in [3.05, 3.63) is 71.5 Å². The van der Waals surface area contributed by atoms with E-state index in [-0.39, 0.29) is 18.2 Å². The number of amides is 2. The Hall–Kier alpha value is -3.85. The Bertz CT molecular complexity index is 1460. The second-order valence-corrected chi connectivity index (χ2v) is 12.5. The minimum atomic E-state index is -0.562. The van der Waals surface area contributed by atoms with Gasteiger partial charge in [0.05, 0.1) is 18.8 Å². The van der Waals surface area contributed by atoms with Gasteiger partial charge in [-0.3, -0.25) is 4.79 Å². The van der Waals surface area contributed by atoms with E-state index in [1.165, 1.54) is 0 Å². The molecule has 0 aliphatic carbocycles. The number of nitrogens with zero attached hydrogens (tertiary/aromatic N) is 4. The number of likely N-dealkylation sites (tertiary alicyclic amines) is 1. The Labute approximate surface area is 247 Å². The summed E-state index contributed by atoms with van der Waals surface area (Å²) in [5.74, 6) is 0.759. The second kappa shape index (κ2) is 11.1. The molecular weight excluding hydrogens is 532 g/mol. The Morgan fingerprint density at radius 3 is 2.62 bits per heavy atom. The Morgan fingerprint density at radius 1 is 1.10 bits per heavy atom. The molecule has 2 amide bonds. The van der Waals surface area contributed by atoms with Crippen molar-refractivity contribution >= 4 is 12.0 Å². The molecule has 222 valence electrons. The van der Waals surface area contributed by atoms with E-state index in [1.54, 1.807) is 12.0 Å². The predicted octanol–water partition coefficient (Wildman–Crippen LogP) is 6.14. The monoisotopic (exact) mass is 572 g/mol. The van der Waals surface area contributed by atoms with Gasteiger partial charge in [0, 0.05) is 43.6 Å².